The number of carbonyl (C=O) groups is 2. The van der Waals surface area contributed by atoms with Crippen LogP contribution in [0.4, 0.5) is 0 Å². The van der Waals surface area contributed by atoms with Crippen molar-refractivity contribution in [2.24, 2.45) is 11.0 Å². The Morgan fingerprint density at radius 3 is 2.65 bits per heavy atom. The van der Waals surface area contributed by atoms with E-state index >= 15 is 0 Å². The van der Waals surface area contributed by atoms with Gasteiger partial charge in [-0.15, -0.1) is 0 Å². The molecule has 1 fully saturated rings. The van der Waals surface area contributed by atoms with Crippen LogP contribution in [0.25, 0.3) is 10.4 Å². The molecule has 0 aromatic heterocycles. The maximum Gasteiger partial charge on any atom is 0.328 e. The largest absolute Gasteiger partial charge is 0.467 e. The van der Waals surface area contributed by atoms with Crippen LogP contribution >= 0.6 is 0 Å². The third-order valence-electron chi connectivity index (χ3n) is 2.74. The highest BCUT2D eigenvalue weighted by molar-refractivity contribution is 5.86. The van der Waals surface area contributed by atoms with Crippen molar-refractivity contribution in [1.29, 1.82) is 0 Å². The molecule has 7 nitrogen and oxygen atoms in total. The maximum atomic E-state index is 11.9. The van der Waals surface area contributed by atoms with Crippen LogP contribution < -0.4 is 0 Å². The Balaban J connectivity index is 2.87. The predicted octanol–water partition coefficient (Wildman–Crippen LogP) is 1.10. The lowest BCUT2D eigenvalue weighted by Crippen LogP contribution is -2.43. The minimum absolute atomic E-state index is 0.129. The fourth-order valence-corrected chi connectivity index (χ4v) is 1.91. The zero-order valence-electron chi connectivity index (χ0n) is 10.2. The van der Waals surface area contributed by atoms with E-state index in [-0.39, 0.29) is 24.4 Å². The van der Waals surface area contributed by atoms with Crippen molar-refractivity contribution in [3.05, 3.63) is 10.4 Å². The van der Waals surface area contributed by atoms with E-state index in [0.717, 1.165) is 0 Å². The molecule has 0 aromatic rings. The molecule has 7 heteroatoms. The van der Waals surface area contributed by atoms with Gasteiger partial charge in [-0.2, -0.15) is 0 Å². The maximum absolute atomic E-state index is 11.9. The molecule has 0 saturated carbocycles. The molecule has 0 unspecified atom stereocenters. The van der Waals surface area contributed by atoms with Gasteiger partial charge in [0.1, 0.15) is 6.04 Å². The van der Waals surface area contributed by atoms with Crippen LogP contribution in [0.2, 0.25) is 0 Å². The Bertz CT molecular complexity index is 363. The van der Waals surface area contributed by atoms with Gasteiger partial charge in [0.05, 0.1) is 13.2 Å². The van der Waals surface area contributed by atoms with Crippen LogP contribution in [0.5, 0.6) is 0 Å². The Morgan fingerprint density at radius 2 is 2.18 bits per heavy atom. The summed E-state index contributed by atoms with van der Waals surface area (Å²) in [4.78, 5) is 27.6. The summed E-state index contributed by atoms with van der Waals surface area (Å²) in [6.07, 6.45) is 0.329. The van der Waals surface area contributed by atoms with E-state index in [1.165, 1.54) is 12.0 Å². The number of rotatable bonds is 3. The lowest BCUT2D eigenvalue weighted by Gasteiger charge is -2.24. The molecule has 0 aromatic carbocycles. The highest BCUT2D eigenvalue weighted by Crippen LogP contribution is 2.23. The summed E-state index contributed by atoms with van der Waals surface area (Å²) in [6, 6.07) is -0.989. The molecule has 1 heterocycles. The molecule has 17 heavy (non-hydrogen) atoms. The van der Waals surface area contributed by atoms with Crippen molar-refractivity contribution < 1.29 is 14.3 Å². The first-order valence-electron chi connectivity index (χ1n) is 5.43. The van der Waals surface area contributed by atoms with Crippen molar-refractivity contribution in [3.63, 3.8) is 0 Å². The molecule has 2 atom stereocenters. The third kappa shape index (κ3) is 2.88. The topological polar surface area (TPSA) is 95.4 Å². The Kier molecular flexibility index (Phi) is 4.34. The quantitative estimate of drug-likeness (QED) is 0.320. The van der Waals surface area contributed by atoms with E-state index in [1.54, 1.807) is 13.8 Å². The van der Waals surface area contributed by atoms with E-state index < -0.39 is 12.0 Å². The summed E-state index contributed by atoms with van der Waals surface area (Å²) in [5.74, 6) is -0.794. The lowest BCUT2D eigenvalue weighted by atomic mass is 10.1. The zero-order valence-corrected chi connectivity index (χ0v) is 10.2. The first kappa shape index (κ1) is 13.3. The molecule has 0 aliphatic carbocycles. The number of hydrogen-bond acceptors (Lipinski definition) is 4. The van der Waals surface area contributed by atoms with Crippen molar-refractivity contribution in [2.45, 2.75) is 32.4 Å². The minimum Gasteiger partial charge on any atom is -0.467 e. The third-order valence-corrected chi connectivity index (χ3v) is 2.74. The SMILES string of the molecule is COC(=O)[C@@H]1C[C@H](N=[N+]=[N-])CN1C(=O)C(C)C. The van der Waals surface area contributed by atoms with Crippen LogP contribution in [0, 0.1) is 5.92 Å². The van der Waals surface area contributed by atoms with Gasteiger partial charge in [0.25, 0.3) is 0 Å². The number of carbonyl (C=O) groups excluding carboxylic acids is 2. The molecule has 1 aliphatic heterocycles. The number of ether oxygens (including phenoxy) is 1. The van der Waals surface area contributed by atoms with Crippen molar-refractivity contribution >= 4 is 11.9 Å². The standard InChI is InChI=1S/C10H16N4O3/c1-6(2)9(15)14-5-7(12-13-11)4-8(14)10(16)17-3/h6-8H,4-5H2,1-3H3/t7-,8-/m0/s1. The summed E-state index contributed by atoms with van der Waals surface area (Å²) in [7, 11) is 1.28. The van der Waals surface area contributed by atoms with Crippen LogP contribution in [-0.2, 0) is 14.3 Å². The summed E-state index contributed by atoms with van der Waals surface area (Å²) in [5.41, 5.74) is 8.38. The molecule has 1 amide bonds. The number of hydrogen-bond donors (Lipinski definition) is 0. The molecule has 0 spiro atoms. The van der Waals surface area contributed by atoms with Gasteiger partial charge in [-0.3, -0.25) is 4.79 Å². The summed E-state index contributed by atoms with van der Waals surface area (Å²) in [5, 5.41) is 3.56. The van der Waals surface area contributed by atoms with Gasteiger partial charge >= 0.3 is 5.97 Å². The second kappa shape index (κ2) is 5.54. The minimum atomic E-state index is -0.634. The molecule has 94 valence electrons. The van der Waals surface area contributed by atoms with Crippen LogP contribution in [0.15, 0.2) is 5.11 Å². The smallest absolute Gasteiger partial charge is 0.328 e. The van der Waals surface area contributed by atoms with E-state index in [2.05, 4.69) is 14.8 Å². The molecule has 0 bridgehead atoms. The number of esters is 1. The molecular formula is C10H16N4O3. The van der Waals surface area contributed by atoms with E-state index in [9.17, 15) is 9.59 Å². The van der Waals surface area contributed by atoms with Gasteiger partial charge in [-0.05, 0) is 12.0 Å². The molecular weight excluding hydrogens is 224 g/mol. The first-order valence-corrected chi connectivity index (χ1v) is 5.43. The van der Waals surface area contributed by atoms with Gasteiger partial charge in [0.15, 0.2) is 0 Å². The summed E-state index contributed by atoms with van der Waals surface area (Å²) < 4.78 is 4.65. The molecule has 0 radical (unpaired) electrons. The summed E-state index contributed by atoms with van der Waals surface area (Å²) >= 11 is 0. The predicted molar refractivity (Wildman–Crippen MR) is 59.9 cm³/mol. The summed E-state index contributed by atoms with van der Waals surface area (Å²) in [6.45, 7) is 3.80. The Labute approximate surface area is 99.3 Å². The number of methoxy groups -OCH3 is 1. The van der Waals surface area contributed by atoms with Gasteiger partial charge in [0.2, 0.25) is 5.91 Å². The molecule has 0 N–H and O–H groups in total. The highest BCUT2D eigenvalue weighted by atomic mass is 16.5. The van der Waals surface area contributed by atoms with E-state index in [1.807, 2.05) is 0 Å². The number of amides is 1. The molecule has 1 saturated heterocycles. The first-order chi connectivity index (χ1) is 8.01. The Hall–Kier alpha value is -1.75. The van der Waals surface area contributed by atoms with Crippen LogP contribution in [0.1, 0.15) is 20.3 Å². The van der Waals surface area contributed by atoms with Gasteiger partial charge in [-0.1, -0.05) is 19.0 Å². The van der Waals surface area contributed by atoms with Crippen molar-refractivity contribution in [1.82, 2.24) is 4.90 Å². The second-order valence-corrected chi connectivity index (χ2v) is 4.28. The monoisotopic (exact) mass is 240 g/mol. The van der Waals surface area contributed by atoms with Crippen LogP contribution in [-0.4, -0.2) is 42.5 Å². The van der Waals surface area contributed by atoms with Crippen LogP contribution in [0.3, 0.4) is 0 Å². The lowest BCUT2D eigenvalue weighted by molar-refractivity contribution is -0.152. The van der Waals surface area contributed by atoms with Gasteiger partial charge < -0.3 is 9.64 Å². The number of azide groups is 1. The second-order valence-electron chi connectivity index (χ2n) is 4.28. The highest BCUT2D eigenvalue weighted by Gasteiger charge is 2.40. The van der Waals surface area contributed by atoms with E-state index in [4.69, 9.17) is 5.53 Å². The van der Waals surface area contributed by atoms with Gasteiger partial charge in [0, 0.05) is 17.4 Å². The molecule has 1 rings (SSSR count). The van der Waals surface area contributed by atoms with Crippen molar-refractivity contribution in [3.8, 4) is 0 Å². The average Bonchev–Trinajstić information content (AvgIpc) is 2.71. The average molecular weight is 240 g/mol. The number of nitrogens with zero attached hydrogens (tertiary/aromatic N) is 4. The fourth-order valence-electron chi connectivity index (χ4n) is 1.91. The Morgan fingerprint density at radius 1 is 1.53 bits per heavy atom. The molecule has 1 aliphatic rings. The zero-order chi connectivity index (χ0) is 13.0. The number of likely N-dealkylation sites (tertiary alicyclic amines) is 1. The van der Waals surface area contributed by atoms with E-state index in [0.29, 0.717) is 6.42 Å². The van der Waals surface area contributed by atoms with Gasteiger partial charge in [-0.25, -0.2) is 4.79 Å². The van der Waals surface area contributed by atoms with Crippen molar-refractivity contribution in [2.75, 3.05) is 13.7 Å². The fraction of sp³-hybridized carbons (Fsp3) is 0.800. The normalized spacial score (nSPS) is 23.4.